The van der Waals surface area contributed by atoms with Crippen molar-refractivity contribution in [3.8, 4) is 5.75 Å². The molecule has 0 bridgehead atoms. The first-order valence-electron chi connectivity index (χ1n) is 5.05. The summed E-state index contributed by atoms with van der Waals surface area (Å²) in [5.41, 5.74) is 0.112. The lowest BCUT2D eigenvalue weighted by Gasteiger charge is -2.19. The molecule has 86 valence electrons. The van der Waals surface area contributed by atoms with E-state index in [0.29, 0.717) is 5.56 Å². The molecular weight excluding hydrogens is 204 g/mol. The van der Waals surface area contributed by atoms with Crippen molar-refractivity contribution in [3.63, 3.8) is 0 Å². The van der Waals surface area contributed by atoms with E-state index in [-0.39, 0.29) is 11.5 Å². The molecule has 0 aliphatic carbocycles. The fourth-order valence-electron chi connectivity index (χ4n) is 1.38. The lowest BCUT2D eigenvalue weighted by atomic mass is 9.96. The number of carbonyl (C=O) groups excluding carboxylic acids is 1. The summed E-state index contributed by atoms with van der Waals surface area (Å²) < 4.78 is 0. The molecule has 0 atom stereocenters. The molecule has 16 heavy (non-hydrogen) atoms. The van der Waals surface area contributed by atoms with Crippen molar-refractivity contribution in [1.29, 1.82) is 0 Å². The van der Waals surface area contributed by atoms with Gasteiger partial charge in [-0.1, -0.05) is 18.2 Å². The summed E-state index contributed by atoms with van der Waals surface area (Å²) in [5.74, 6) is -0.0238. The average molecular weight is 220 g/mol. The molecule has 1 rings (SSSR count). The highest BCUT2D eigenvalue weighted by molar-refractivity contribution is 5.91. The van der Waals surface area contributed by atoms with Crippen LogP contribution < -0.4 is 0 Å². The van der Waals surface area contributed by atoms with Crippen LogP contribution >= 0.6 is 0 Å². The first-order valence-corrected chi connectivity index (χ1v) is 5.05. The van der Waals surface area contributed by atoms with Gasteiger partial charge >= 0.3 is 0 Å². The van der Waals surface area contributed by atoms with Gasteiger partial charge in [-0.3, -0.25) is 4.79 Å². The Morgan fingerprint density at radius 1 is 1.38 bits per heavy atom. The maximum atomic E-state index is 10.7. The molecule has 0 unspecified atom stereocenters. The fraction of sp³-hybridized carbons (Fsp3) is 0.308. The highest BCUT2D eigenvalue weighted by atomic mass is 16.3. The molecule has 0 heterocycles. The number of rotatable bonds is 3. The highest BCUT2D eigenvalue weighted by Crippen LogP contribution is 2.29. The number of allylic oxidation sites excluding steroid dienone is 1. The van der Waals surface area contributed by atoms with E-state index in [9.17, 15) is 15.0 Å². The Morgan fingerprint density at radius 2 is 2.00 bits per heavy atom. The van der Waals surface area contributed by atoms with E-state index in [1.165, 1.54) is 19.1 Å². The normalized spacial score (nSPS) is 12.0. The minimum Gasteiger partial charge on any atom is -0.508 e. The number of phenolic OH excluding ortho intramolecular Hbond substituents is 1. The standard InChI is InChI=1S/C13H16O3/c1-9(14)4-5-10-6-7-11(12(15)8-10)13(2,3)16/h4-8,15-16H,1-3H3/b5-4+. The van der Waals surface area contributed by atoms with Crippen LogP contribution in [-0.2, 0) is 10.4 Å². The quantitative estimate of drug-likeness (QED) is 0.768. The lowest BCUT2D eigenvalue weighted by molar-refractivity contribution is -0.112. The number of ketones is 1. The van der Waals surface area contributed by atoms with Crippen molar-refractivity contribution in [2.24, 2.45) is 0 Å². The molecule has 0 radical (unpaired) electrons. The predicted octanol–water partition coefficient (Wildman–Crippen LogP) is 2.22. The van der Waals surface area contributed by atoms with Gasteiger partial charge in [0, 0.05) is 5.56 Å². The summed E-state index contributed by atoms with van der Waals surface area (Å²) in [5, 5.41) is 19.5. The van der Waals surface area contributed by atoms with Gasteiger partial charge in [0.25, 0.3) is 0 Å². The molecule has 1 aromatic carbocycles. The van der Waals surface area contributed by atoms with Crippen molar-refractivity contribution in [1.82, 2.24) is 0 Å². The SMILES string of the molecule is CC(=O)/C=C/c1ccc(C(C)(C)O)c(O)c1. The molecule has 0 aliphatic rings. The Bertz CT molecular complexity index is 425. The average Bonchev–Trinajstić information content (AvgIpc) is 2.12. The van der Waals surface area contributed by atoms with E-state index >= 15 is 0 Å². The van der Waals surface area contributed by atoms with Crippen molar-refractivity contribution in [3.05, 3.63) is 35.4 Å². The van der Waals surface area contributed by atoms with Gasteiger partial charge in [-0.2, -0.15) is 0 Å². The maximum absolute atomic E-state index is 10.7. The van der Waals surface area contributed by atoms with Crippen LogP contribution in [0.5, 0.6) is 5.75 Å². The minimum absolute atomic E-state index is 0.0261. The van der Waals surface area contributed by atoms with Crippen molar-refractivity contribution >= 4 is 11.9 Å². The van der Waals surface area contributed by atoms with Crippen LogP contribution in [0, 0.1) is 0 Å². The summed E-state index contributed by atoms with van der Waals surface area (Å²) in [6, 6.07) is 4.91. The smallest absolute Gasteiger partial charge is 0.152 e. The van der Waals surface area contributed by atoms with Crippen LogP contribution in [0.4, 0.5) is 0 Å². The number of hydrogen-bond acceptors (Lipinski definition) is 3. The minimum atomic E-state index is -1.08. The van der Waals surface area contributed by atoms with Gasteiger partial charge in [-0.05, 0) is 38.5 Å². The summed E-state index contributed by atoms with van der Waals surface area (Å²) >= 11 is 0. The number of phenols is 1. The summed E-state index contributed by atoms with van der Waals surface area (Å²) in [4.78, 5) is 10.7. The van der Waals surface area contributed by atoms with Gasteiger partial charge in [0.1, 0.15) is 5.75 Å². The maximum Gasteiger partial charge on any atom is 0.152 e. The second-order valence-electron chi connectivity index (χ2n) is 4.28. The fourth-order valence-corrected chi connectivity index (χ4v) is 1.38. The Morgan fingerprint density at radius 3 is 2.44 bits per heavy atom. The zero-order chi connectivity index (χ0) is 12.3. The first-order chi connectivity index (χ1) is 7.30. The topological polar surface area (TPSA) is 57.5 Å². The van der Waals surface area contributed by atoms with E-state index < -0.39 is 5.60 Å². The molecule has 3 heteroatoms. The molecule has 0 fully saturated rings. The molecule has 3 nitrogen and oxygen atoms in total. The summed E-state index contributed by atoms with van der Waals surface area (Å²) in [7, 11) is 0. The third-order valence-electron chi connectivity index (χ3n) is 2.19. The van der Waals surface area contributed by atoms with Gasteiger partial charge in [-0.15, -0.1) is 0 Å². The number of hydrogen-bond donors (Lipinski definition) is 2. The molecule has 0 saturated carbocycles. The summed E-state index contributed by atoms with van der Waals surface area (Å²) in [6.07, 6.45) is 3.05. The molecular formula is C13H16O3. The van der Waals surface area contributed by atoms with Gasteiger partial charge in [0.2, 0.25) is 0 Å². The third kappa shape index (κ3) is 3.21. The Balaban J connectivity index is 3.05. The largest absolute Gasteiger partial charge is 0.508 e. The van der Waals surface area contributed by atoms with E-state index in [1.54, 1.807) is 32.1 Å². The molecule has 0 amide bonds. The number of benzene rings is 1. The van der Waals surface area contributed by atoms with E-state index in [2.05, 4.69) is 0 Å². The zero-order valence-electron chi connectivity index (χ0n) is 9.69. The van der Waals surface area contributed by atoms with Crippen LogP contribution in [0.1, 0.15) is 31.9 Å². The Hall–Kier alpha value is -1.61. The van der Waals surface area contributed by atoms with Crippen molar-refractivity contribution in [2.45, 2.75) is 26.4 Å². The van der Waals surface area contributed by atoms with Crippen LogP contribution in [0.25, 0.3) is 6.08 Å². The summed E-state index contributed by atoms with van der Waals surface area (Å²) in [6.45, 7) is 4.67. The van der Waals surface area contributed by atoms with Gasteiger partial charge < -0.3 is 10.2 Å². The Kier molecular flexibility index (Phi) is 3.50. The molecule has 2 N–H and O–H groups in total. The van der Waals surface area contributed by atoms with E-state index in [1.807, 2.05) is 0 Å². The van der Waals surface area contributed by atoms with Gasteiger partial charge in [-0.25, -0.2) is 0 Å². The second-order valence-corrected chi connectivity index (χ2v) is 4.28. The van der Waals surface area contributed by atoms with Gasteiger partial charge in [0.15, 0.2) is 5.78 Å². The molecule has 0 aliphatic heterocycles. The first kappa shape index (κ1) is 12.5. The molecule has 0 aromatic heterocycles. The number of aliphatic hydroxyl groups is 1. The van der Waals surface area contributed by atoms with Crippen LogP contribution in [0.3, 0.4) is 0 Å². The van der Waals surface area contributed by atoms with E-state index in [4.69, 9.17) is 0 Å². The van der Waals surface area contributed by atoms with Crippen LogP contribution in [0.15, 0.2) is 24.3 Å². The van der Waals surface area contributed by atoms with Gasteiger partial charge in [0.05, 0.1) is 5.60 Å². The second kappa shape index (κ2) is 4.49. The Labute approximate surface area is 95.0 Å². The number of aromatic hydroxyl groups is 1. The third-order valence-corrected chi connectivity index (χ3v) is 2.19. The van der Waals surface area contributed by atoms with E-state index in [0.717, 1.165) is 5.56 Å². The predicted molar refractivity (Wildman–Crippen MR) is 63.1 cm³/mol. The van der Waals surface area contributed by atoms with Crippen LogP contribution in [-0.4, -0.2) is 16.0 Å². The molecule has 0 saturated heterocycles. The lowest BCUT2D eigenvalue weighted by Crippen LogP contribution is -2.15. The van der Waals surface area contributed by atoms with Crippen molar-refractivity contribution < 1.29 is 15.0 Å². The monoisotopic (exact) mass is 220 g/mol. The van der Waals surface area contributed by atoms with Crippen LogP contribution in [0.2, 0.25) is 0 Å². The zero-order valence-corrected chi connectivity index (χ0v) is 9.69. The highest BCUT2D eigenvalue weighted by Gasteiger charge is 2.19. The molecule has 1 aromatic rings. The molecule has 0 spiro atoms. The van der Waals surface area contributed by atoms with Crippen molar-refractivity contribution in [2.75, 3.05) is 0 Å². The number of carbonyl (C=O) groups is 1.